The van der Waals surface area contributed by atoms with Gasteiger partial charge in [0, 0.05) is 30.3 Å². The standard InChI is InChI=1S/C13H22N2O2S/c1-9(2)8-17-6-4-5-15-13(16)12-7-11(14)10(3)18-12/h7,9H,4-6,8,14H2,1-3H3,(H,15,16). The highest BCUT2D eigenvalue weighted by Crippen LogP contribution is 2.22. The second kappa shape index (κ2) is 7.38. The lowest BCUT2D eigenvalue weighted by Crippen LogP contribution is -2.24. The van der Waals surface area contributed by atoms with Gasteiger partial charge in [-0.1, -0.05) is 13.8 Å². The Morgan fingerprint density at radius 1 is 1.56 bits per heavy atom. The van der Waals surface area contributed by atoms with Crippen LogP contribution in [0.4, 0.5) is 5.69 Å². The Morgan fingerprint density at radius 2 is 2.28 bits per heavy atom. The molecule has 1 aromatic heterocycles. The van der Waals surface area contributed by atoms with Crippen molar-refractivity contribution in [2.75, 3.05) is 25.5 Å². The van der Waals surface area contributed by atoms with E-state index >= 15 is 0 Å². The lowest BCUT2D eigenvalue weighted by Gasteiger charge is -2.07. The van der Waals surface area contributed by atoms with Crippen molar-refractivity contribution in [3.05, 3.63) is 15.8 Å². The topological polar surface area (TPSA) is 64.3 Å². The average molecular weight is 270 g/mol. The summed E-state index contributed by atoms with van der Waals surface area (Å²) < 4.78 is 5.44. The Labute approximate surface area is 113 Å². The molecule has 0 aromatic carbocycles. The van der Waals surface area contributed by atoms with Gasteiger partial charge < -0.3 is 15.8 Å². The first-order valence-corrected chi connectivity index (χ1v) is 7.04. The molecule has 18 heavy (non-hydrogen) atoms. The van der Waals surface area contributed by atoms with Crippen LogP contribution in [0.3, 0.4) is 0 Å². The van der Waals surface area contributed by atoms with Gasteiger partial charge >= 0.3 is 0 Å². The van der Waals surface area contributed by atoms with Crippen molar-refractivity contribution in [3.8, 4) is 0 Å². The molecule has 4 nitrogen and oxygen atoms in total. The number of nitrogens with one attached hydrogen (secondary N) is 1. The van der Waals surface area contributed by atoms with Gasteiger partial charge in [-0.05, 0) is 25.3 Å². The number of carbonyl (C=O) groups excluding carboxylic acids is 1. The van der Waals surface area contributed by atoms with E-state index in [2.05, 4.69) is 19.2 Å². The molecule has 1 heterocycles. The number of carbonyl (C=O) groups is 1. The fourth-order valence-electron chi connectivity index (χ4n) is 1.39. The fourth-order valence-corrected chi connectivity index (χ4v) is 2.25. The van der Waals surface area contributed by atoms with Crippen LogP contribution in [0.2, 0.25) is 0 Å². The first kappa shape index (κ1) is 15.0. The Bertz CT molecular complexity index is 369. The number of ether oxygens (including phenoxy) is 1. The summed E-state index contributed by atoms with van der Waals surface area (Å²) >= 11 is 1.43. The van der Waals surface area contributed by atoms with E-state index in [1.54, 1.807) is 6.07 Å². The molecule has 102 valence electrons. The third-order valence-electron chi connectivity index (χ3n) is 2.38. The van der Waals surface area contributed by atoms with Crippen LogP contribution in [-0.2, 0) is 4.74 Å². The van der Waals surface area contributed by atoms with Crippen LogP contribution in [0.1, 0.15) is 34.8 Å². The molecule has 0 saturated heterocycles. The maximum absolute atomic E-state index is 11.8. The van der Waals surface area contributed by atoms with Gasteiger partial charge in [0.25, 0.3) is 5.91 Å². The minimum absolute atomic E-state index is 0.0522. The summed E-state index contributed by atoms with van der Waals surface area (Å²) in [4.78, 5) is 13.4. The lowest BCUT2D eigenvalue weighted by atomic mass is 10.2. The number of anilines is 1. The van der Waals surface area contributed by atoms with Gasteiger partial charge in [-0.25, -0.2) is 0 Å². The van der Waals surface area contributed by atoms with E-state index in [9.17, 15) is 4.79 Å². The smallest absolute Gasteiger partial charge is 0.261 e. The largest absolute Gasteiger partial charge is 0.398 e. The van der Waals surface area contributed by atoms with Gasteiger partial charge in [0.2, 0.25) is 0 Å². The Kier molecular flexibility index (Phi) is 6.15. The zero-order valence-corrected chi connectivity index (χ0v) is 12.1. The number of hydrogen-bond acceptors (Lipinski definition) is 4. The first-order chi connectivity index (χ1) is 8.50. The van der Waals surface area contributed by atoms with Crippen molar-refractivity contribution in [1.82, 2.24) is 5.32 Å². The monoisotopic (exact) mass is 270 g/mol. The van der Waals surface area contributed by atoms with Gasteiger partial charge in [0.15, 0.2) is 0 Å². The average Bonchev–Trinajstić information content (AvgIpc) is 2.63. The molecule has 0 aliphatic heterocycles. The zero-order chi connectivity index (χ0) is 13.5. The van der Waals surface area contributed by atoms with E-state index in [4.69, 9.17) is 10.5 Å². The molecule has 0 spiro atoms. The number of thiophene rings is 1. The second-order valence-electron chi connectivity index (χ2n) is 4.70. The summed E-state index contributed by atoms with van der Waals surface area (Å²) in [6, 6.07) is 1.73. The maximum atomic E-state index is 11.8. The molecule has 1 aromatic rings. The summed E-state index contributed by atoms with van der Waals surface area (Å²) in [6.07, 6.45) is 0.832. The lowest BCUT2D eigenvalue weighted by molar-refractivity contribution is 0.0928. The zero-order valence-electron chi connectivity index (χ0n) is 11.3. The number of aryl methyl sites for hydroxylation is 1. The molecular formula is C13H22N2O2S. The molecule has 5 heteroatoms. The van der Waals surface area contributed by atoms with Gasteiger partial charge in [-0.15, -0.1) is 11.3 Å². The van der Waals surface area contributed by atoms with E-state index in [0.717, 1.165) is 17.9 Å². The van der Waals surface area contributed by atoms with Crippen LogP contribution in [-0.4, -0.2) is 25.7 Å². The SMILES string of the molecule is Cc1sc(C(=O)NCCCOCC(C)C)cc1N. The number of nitrogen functional groups attached to an aromatic ring is 1. The Hall–Kier alpha value is -1.07. The van der Waals surface area contributed by atoms with Gasteiger partial charge in [0.1, 0.15) is 0 Å². The fraction of sp³-hybridized carbons (Fsp3) is 0.615. The van der Waals surface area contributed by atoms with E-state index in [1.807, 2.05) is 6.92 Å². The minimum Gasteiger partial charge on any atom is -0.398 e. The number of hydrogen-bond donors (Lipinski definition) is 2. The Morgan fingerprint density at radius 3 is 2.83 bits per heavy atom. The third-order valence-corrected chi connectivity index (χ3v) is 3.45. The minimum atomic E-state index is -0.0522. The molecule has 0 saturated carbocycles. The predicted molar refractivity (Wildman–Crippen MR) is 76.1 cm³/mol. The molecule has 0 unspecified atom stereocenters. The van der Waals surface area contributed by atoms with Crippen LogP contribution >= 0.6 is 11.3 Å². The quantitative estimate of drug-likeness (QED) is 0.748. The van der Waals surface area contributed by atoms with Crippen LogP contribution in [0, 0.1) is 12.8 Å². The van der Waals surface area contributed by atoms with Crippen molar-refractivity contribution >= 4 is 22.9 Å². The molecule has 1 rings (SSSR count). The summed E-state index contributed by atoms with van der Waals surface area (Å²) in [5.41, 5.74) is 6.40. The maximum Gasteiger partial charge on any atom is 0.261 e. The van der Waals surface area contributed by atoms with Crippen molar-refractivity contribution < 1.29 is 9.53 Å². The molecule has 1 amide bonds. The summed E-state index contributed by atoms with van der Waals surface area (Å²) in [7, 11) is 0. The Balaban J connectivity index is 2.18. The van der Waals surface area contributed by atoms with Crippen molar-refractivity contribution in [1.29, 1.82) is 0 Å². The summed E-state index contributed by atoms with van der Waals surface area (Å²) in [5, 5.41) is 2.86. The first-order valence-electron chi connectivity index (χ1n) is 6.22. The highest BCUT2D eigenvalue weighted by atomic mass is 32.1. The molecular weight excluding hydrogens is 248 g/mol. The van der Waals surface area contributed by atoms with E-state index in [-0.39, 0.29) is 5.91 Å². The van der Waals surface area contributed by atoms with E-state index in [0.29, 0.717) is 29.6 Å². The molecule has 0 aliphatic carbocycles. The number of amides is 1. The van der Waals surface area contributed by atoms with Gasteiger partial charge in [0.05, 0.1) is 4.88 Å². The van der Waals surface area contributed by atoms with Gasteiger partial charge in [-0.2, -0.15) is 0 Å². The molecule has 0 atom stereocenters. The number of rotatable bonds is 7. The molecule has 0 radical (unpaired) electrons. The van der Waals surface area contributed by atoms with Crippen LogP contribution < -0.4 is 11.1 Å². The molecule has 0 aliphatic rings. The van der Waals surface area contributed by atoms with Crippen LogP contribution in [0.15, 0.2) is 6.07 Å². The van der Waals surface area contributed by atoms with Crippen molar-refractivity contribution in [2.24, 2.45) is 5.92 Å². The van der Waals surface area contributed by atoms with Crippen LogP contribution in [0.5, 0.6) is 0 Å². The van der Waals surface area contributed by atoms with E-state index in [1.165, 1.54) is 11.3 Å². The molecule has 0 bridgehead atoms. The highest BCUT2D eigenvalue weighted by molar-refractivity contribution is 7.14. The predicted octanol–water partition coefficient (Wildman–Crippen LogP) is 2.43. The number of nitrogens with two attached hydrogens (primary N) is 1. The third kappa shape index (κ3) is 5.06. The highest BCUT2D eigenvalue weighted by Gasteiger charge is 2.09. The summed E-state index contributed by atoms with van der Waals surface area (Å²) in [6.45, 7) is 8.24. The van der Waals surface area contributed by atoms with Crippen molar-refractivity contribution in [2.45, 2.75) is 27.2 Å². The van der Waals surface area contributed by atoms with Gasteiger partial charge in [-0.3, -0.25) is 4.79 Å². The van der Waals surface area contributed by atoms with E-state index < -0.39 is 0 Å². The van der Waals surface area contributed by atoms with Crippen LogP contribution in [0.25, 0.3) is 0 Å². The second-order valence-corrected chi connectivity index (χ2v) is 5.96. The normalized spacial score (nSPS) is 10.9. The van der Waals surface area contributed by atoms with Crippen molar-refractivity contribution in [3.63, 3.8) is 0 Å². The molecule has 0 fully saturated rings. The molecule has 3 N–H and O–H groups in total. The summed E-state index contributed by atoms with van der Waals surface area (Å²) in [5.74, 6) is 0.500.